The molecule has 0 saturated heterocycles. The highest BCUT2D eigenvalue weighted by molar-refractivity contribution is 7.51. The van der Waals surface area contributed by atoms with E-state index in [1.54, 1.807) is 0 Å². The summed E-state index contributed by atoms with van der Waals surface area (Å²) in [5.74, 6) is -1.81. The average molecular weight is 394 g/mol. The van der Waals surface area contributed by atoms with Gasteiger partial charge < -0.3 is 30.6 Å². The van der Waals surface area contributed by atoms with Gasteiger partial charge in [-0.25, -0.2) is 0 Å². The molecule has 1 heterocycles. The third-order valence-electron chi connectivity index (χ3n) is 3.30. The van der Waals surface area contributed by atoms with Crippen LogP contribution in [0, 0.1) is 0 Å². The number of guanidine groups is 1. The van der Waals surface area contributed by atoms with E-state index in [1.165, 1.54) is 7.05 Å². The lowest BCUT2D eigenvalue weighted by Crippen LogP contribution is -2.24. The zero-order chi connectivity index (χ0) is 19.9. The van der Waals surface area contributed by atoms with Crippen LogP contribution in [0.25, 0.3) is 10.9 Å². The van der Waals surface area contributed by atoms with E-state index < -0.39 is 42.9 Å². The second-order valence-electron chi connectivity index (χ2n) is 5.24. The first-order valence-corrected chi connectivity index (χ1v) is 8.62. The van der Waals surface area contributed by atoms with Crippen LogP contribution in [0.5, 0.6) is 5.75 Å². The molecule has 0 unspecified atom stereocenters. The van der Waals surface area contributed by atoms with Gasteiger partial charge in [0.1, 0.15) is 11.4 Å². The molecule has 26 heavy (non-hydrogen) atoms. The molecule has 0 radical (unpaired) electrons. The molecule has 1 amide bonds. The summed E-state index contributed by atoms with van der Waals surface area (Å²) in [5, 5.41) is -0.405. The summed E-state index contributed by atoms with van der Waals surface area (Å²) in [4.78, 5) is 33.1. The first-order valence-electron chi connectivity index (χ1n) is 6.82. The van der Waals surface area contributed by atoms with Crippen molar-refractivity contribution in [2.24, 2.45) is 23.5 Å². The third kappa shape index (κ3) is 4.15. The molecule has 142 valence electrons. The van der Waals surface area contributed by atoms with Gasteiger partial charge in [0.15, 0.2) is 12.3 Å². The van der Waals surface area contributed by atoms with Gasteiger partial charge in [-0.3, -0.25) is 9.36 Å². The van der Waals surface area contributed by atoms with Crippen LogP contribution in [0.4, 0.5) is 13.2 Å². The Labute approximate surface area is 144 Å². The minimum absolute atomic E-state index is 0.192. The van der Waals surface area contributed by atoms with Crippen molar-refractivity contribution in [1.29, 1.82) is 0 Å². The quantitative estimate of drug-likeness (QED) is 0.344. The Morgan fingerprint density at radius 2 is 1.96 bits per heavy atom. The monoisotopic (exact) mass is 394 g/mol. The van der Waals surface area contributed by atoms with Crippen LogP contribution in [-0.2, 0) is 17.8 Å². The molecule has 13 heteroatoms. The Morgan fingerprint density at radius 3 is 2.46 bits per heavy atom. The number of hydrogen-bond donors (Lipinski definition) is 4. The van der Waals surface area contributed by atoms with Crippen molar-refractivity contribution in [3.63, 3.8) is 0 Å². The molecule has 6 N–H and O–H groups in total. The number of nitrogens with zero attached hydrogens (tertiary/aromatic N) is 2. The van der Waals surface area contributed by atoms with Crippen LogP contribution >= 0.6 is 7.60 Å². The molecule has 0 saturated carbocycles. The van der Waals surface area contributed by atoms with Crippen molar-refractivity contribution in [3.8, 4) is 5.75 Å². The Kier molecular flexibility index (Phi) is 5.04. The maximum Gasteiger partial charge on any atom is 0.417 e. The number of aliphatic imine (C=N–C) groups is 1. The number of amides is 1. The number of aryl methyl sites for hydroxylation is 1. The number of alkyl halides is 3. The molecule has 0 aliphatic rings. The predicted molar refractivity (Wildman–Crippen MR) is 85.6 cm³/mol. The highest BCUT2D eigenvalue weighted by Gasteiger charge is 2.35. The van der Waals surface area contributed by atoms with E-state index in [9.17, 15) is 22.5 Å². The fourth-order valence-electron chi connectivity index (χ4n) is 2.33. The Balaban J connectivity index is 2.72. The minimum atomic E-state index is -4.74. The van der Waals surface area contributed by atoms with E-state index in [-0.39, 0.29) is 17.0 Å². The fraction of sp³-hybridized carbons (Fsp3) is 0.231. The van der Waals surface area contributed by atoms with E-state index in [0.717, 1.165) is 16.7 Å². The van der Waals surface area contributed by atoms with E-state index >= 15 is 0 Å². The molecule has 1 aromatic carbocycles. The van der Waals surface area contributed by atoms with Crippen molar-refractivity contribution < 1.29 is 37.1 Å². The van der Waals surface area contributed by atoms with Gasteiger partial charge in [0.25, 0.3) is 5.91 Å². The van der Waals surface area contributed by atoms with Gasteiger partial charge in [0.05, 0.1) is 11.1 Å². The number of aromatic nitrogens is 1. The second-order valence-corrected chi connectivity index (χ2v) is 6.83. The van der Waals surface area contributed by atoms with Gasteiger partial charge in [-0.2, -0.15) is 18.2 Å². The topological polar surface area (TPSA) is 153 Å². The van der Waals surface area contributed by atoms with Crippen LogP contribution < -0.4 is 16.2 Å². The molecule has 0 spiro atoms. The van der Waals surface area contributed by atoms with Crippen LogP contribution in [0.2, 0.25) is 0 Å². The molecule has 0 aliphatic heterocycles. The highest BCUT2D eigenvalue weighted by Crippen LogP contribution is 2.41. The van der Waals surface area contributed by atoms with Crippen molar-refractivity contribution >= 4 is 30.4 Å². The standard InChI is InChI=1S/C13H14F3N4O5P/c1-20-8(11(21)19-12(17)18)4-6-7(13(14,15)16)2-3-9(10(6)20)25-5-26(22,23)24/h2-4H,5H2,1H3,(H2,22,23,24)(H4,17,18,19,21). The molecule has 2 aromatic rings. The van der Waals surface area contributed by atoms with Crippen LogP contribution in [0.15, 0.2) is 23.2 Å². The van der Waals surface area contributed by atoms with E-state index in [2.05, 4.69) is 4.99 Å². The summed E-state index contributed by atoms with van der Waals surface area (Å²) in [6.07, 6.45) is -5.78. The van der Waals surface area contributed by atoms with Gasteiger partial charge in [0.2, 0.25) is 0 Å². The summed E-state index contributed by atoms with van der Waals surface area (Å²) >= 11 is 0. The molecule has 1 aromatic heterocycles. The van der Waals surface area contributed by atoms with Gasteiger partial charge >= 0.3 is 13.8 Å². The van der Waals surface area contributed by atoms with Gasteiger partial charge in [-0.05, 0) is 18.2 Å². The molecule has 2 rings (SSSR count). The average Bonchev–Trinajstić information content (AvgIpc) is 2.80. The largest absolute Gasteiger partial charge is 0.479 e. The lowest BCUT2D eigenvalue weighted by Gasteiger charge is -2.13. The summed E-state index contributed by atoms with van der Waals surface area (Å²) in [7, 11) is -3.31. The minimum Gasteiger partial charge on any atom is -0.479 e. The molecular formula is C13H14F3N4O5P. The van der Waals surface area contributed by atoms with Crippen molar-refractivity contribution in [2.45, 2.75) is 6.18 Å². The summed E-state index contributed by atoms with van der Waals surface area (Å²) in [5.41, 5.74) is 8.69. The number of carbonyl (C=O) groups excluding carboxylic acids is 1. The summed E-state index contributed by atoms with van der Waals surface area (Å²) < 4.78 is 56.7. The number of ether oxygens (including phenoxy) is 1. The number of hydrogen-bond acceptors (Lipinski definition) is 3. The number of nitrogens with two attached hydrogens (primary N) is 2. The van der Waals surface area contributed by atoms with Crippen molar-refractivity contribution in [2.75, 3.05) is 6.35 Å². The Hall–Kier alpha value is -2.56. The smallest absolute Gasteiger partial charge is 0.417 e. The molecular weight excluding hydrogens is 380 g/mol. The molecule has 9 nitrogen and oxygen atoms in total. The van der Waals surface area contributed by atoms with Crippen LogP contribution in [0.1, 0.15) is 16.1 Å². The highest BCUT2D eigenvalue weighted by atomic mass is 31.2. The first kappa shape index (κ1) is 19.8. The molecule has 0 fully saturated rings. The second kappa shape index (κ2) is 6.63. The van der Waals surface area contributed by atoms with Crippen molar-refractivity contribution in [3.05, 3.63) is 29.5 Å². The van der Waals surface area contributed by atoms with E-state index in [0.29, 0.717) is 6.07 Å². The van der Waals surface area contributed by atoms with Crippen molar-refractivity contribution in [1.82, 2.24) is 4.57 Å². The normalized spacial score (nSPS) is 12.2. The lowest BCUT2D eigenvalue weighted by atomic mass is 10.1. The van der Waals surface area contributed by atoms with Gasteiger partial charge in [-0.1, -0.05) is 0 Å². The van der Waals surface area contributed by atoms with Gasteiger partial charge in [-0.15, -0.1) is 0 Å². The van der Waals surface area contributed by atoms with Gasteiger partial charge in [0, 0.05) is 12.4 Å². The first-order chi connectivity index (χ1) is 11.8. The third-order valence-corrected chi connectivity index (χ3v) is 3.77. The SMILES string of the molecule is Cn1c(C(=O)N=C(N)N)cc2c(C(F)(F)F)ccc(OCP(=O)(O)O)c21. The maximum absolute atomic E-state index is 13.2. The Bertz CT molecular complexity index is 943. The molecule has 0 atom stereocenters. The maximum atomic E-state index is 13.2. The zero-order valence-electron chi connectivity index (χ0n) is 13.2. The number of fused-ring (bicyclic) bond motifs is 1. The van der Waals surface area contributed by atoms with E-state index in [4.69, 9.17) is 26.0 Å². The van der Waals surface area contributed by atoms with E-state index in [1.807, 2.05) is 0 Å². The summed E-state index contributed by atoms with van der Waals surface area (Å²) in [6.45, 7) is 0. The number of carbonyl (C=O) groups is 1. The molecule has 0 bridgehead atoms. The molecule has 0 aliphatic carbocycles. The lowest BCUT2D eigenvalue weighted by molar-refractivity contribution is -0.136. The zero-order valence-corrected chi connectivity index (χ0v) is 14.1. The Morgan fingerprint density at radius 1 is 1.35 bits per heavy atom. The number of halogens is 3. The van der Waals surface area contributed by atoms with Crippen LogP contribution in [0.3, 0.4) is 0 Å². The number of benzene rings is 1. The predicted octanol–water partition coefficient (Wildman–Crippen LogP) is 1.12. The summed E-state index contributed by atoms with van der Waals surface area (Å²) in [6, 6.07) is 2.53. The van der Waals surface area contributed by atoms with Crippen LogP contribution in [-0.4, -0.2) is 32.6 Å². The number of rotatable bonds is 4. The fourth-order valence-corrected chi connectivity index (χ4v) is 2.64.